The third-order valence-corrected chi connectivity index (χ3v) is 2.91. The summed E-state index contributed by atoms with van der Waals surface area (Å²) < 4.78 is 37.4. The van der Waals surface area contributed by atoms with Gasteiger partial charge in [-0.15, -0.1) is 0 Å². The van der Waals surface area contributed by atoms with E-state index in [1.807, 2.05) is 7.05 Å². The van der Waals surface area contributed by atoms with Crippen molar-refractivity contribution in [1.29, 1.82) is 0 Å². The Labute approximate surface area is 112 Å². The van der Waals surface area contributed by atoms with E-state index in [1.54, 1.807) is 12.1 Å². The molecule has 0 radical (unpaired) electrons. The standard InChI is InChI=1S/C14H21F3N2/c1-3-9-19(10-8-18-2)11-12-4-6-13(7-5-12)14(15,16)17/h4-7,18H,3,8-11H2,1-2H3. The number of benzene rings is 1. The molecule has 0 saturated heterocycles. The van der Waals surface area contributed by atoms with Crippen molar-refractivity contribution in [2.45, 2.75) is 26.1 Å². The predicted molar refractivity (Wildman–Crippen MR) is 70.9 cm³/mol. The lowest BCUT2D eigenvalue weighted by atomic mass is 10.1. The van der Waals surface area contributed by atoms with Crippen LogP contribution in [0.1, 0.15) is 24.5 Å². The van der Waals surface area contributed by atoms with E-state index in [9.17, 15) is 13.2 Å². The van der Waals surface area contributed by atoms with Gasteiger partial charge in [-0.1, -0.05) is 19.1 Å². The minimum atomic E-state index is -4.26. The molecule has 0 spiro atoms. The number of nitrogens with zero attached hydrogens (tertiary/aromatic N) is 1. The predicted octanol–water partition coefficient (Wildman–Crippen LogP) is 3.14. The molecule has 0 aromatic heterocycles. The zero-order valence-electron chi connectivity index (χ0n) is 11.4. The molecule has 108 valence electrons. The van der Waals surface area contributed by atoms with E-state index in [-0.39, 0.29) is 0 Å². The van der Waals surface area contributed by atoms with Crippen LogP contribution in [0.2, 0.25) is 0 Å². The molecule has 0 aliphatic heterocycles. The van der Waals surface area contributed by atoms with E-state index in [1.165, 1.54) is 0 Å². The molecule has 2 nitrogen and oxygen atoms in total. The van der Waals surface area contributed by atoms with Crippen LogP contribution in [0, 0.1) is 0 Å². The number of alkyl halides is 3. The summed E-state index contributed by atoms with van der Waals surface area (Å²) in [5, 5.41) is 3.08. The second kappa shape index (κ2) is 7.50. The van der Waals surface area contributed by atoms with Crippen LogP contribution in [-0.4, -0.2) is 31.6 Å². The summed E-state index contributed by atoms with van der Waals surface area (Å²) in [7, 11) is 1.89. The van der Waals surface area contributed by atoms with E-state index in [0.29, 0.717) is 6.54 Å². The summed E-state index contributed by atoms with van der Waals surface area (Å²) >= 11 is 0. The van der Waals surface area contributed by atoms with Crippen LogP contribution in [0.25, 0.3) is 0 Å². The molecule has 0 saturated carbocycles. The molecule has 0 atom stereocenters. The Hall–Kier alpha value is -1.07. The first-order valence-corrected chi connectivity index (χ1v) is 6.50. The van der Waals surface area contributed by atoms with Gasteiger partial charge in [-0.05, 0) is 37.7 Å². The maximum atomic E-state index is 12.5. The van der Waals surface area contributed by atoms with Crippen LogP contribution in [0.3, 0.4) is 0 Å². The van der Waals surface area contributed by atoms with Gasteiger partial charge in [0.2, 0.25) is 0 Å². The Bertz CT molecular complexity index is 360. The number of halogens is 3. The number of nitrogens with one attached hydrogen (secondary N) is 1. The lowest BCUT2D eigenvalue weighted by Gasteiger charge is -2.21. The summed E-state index contributed by atoms with van der Waals surface area (Å²) in [6.45, 7) is 5.50. The topological polar surface area (TPSA) is 15.3 Å². The molecular weight excluding hydrogens is 253 g/mol. The van der Waals surface area contributed by atoms with Crippen LogP contribution in [0.15, 0.2) is 24.3 Å². The molecule has 0 aliphatic carbocycles. The van der Waals surface area contributed by atoms with Crippen molar-refractivity contribution in [2.75, 3.05) is 26.7 Å². The zero-order chi connectivity index (χ0) is 14.3. The molecular formula is C14H21F3N2. The van der Waals surface area contributed by atoms with Gasteiger partial charge in [0.1, 0.15) is 0 Å². The van der Waals surface area contributed by atoms with Gasteiger partial charge in [0.25, 0.3) is 0 Å². The maximum Gasteiger partial charge on any atom is 0.416 e. The van der Waals surface area contributed by atoms with Gasteiger partial charge < -0.3 is 5.32 Å². The van der Waals surface area contributed by atoms with Crippen molar-refractivity contribution >= 4 is 0 Å². The molecule has 0 amide bonds. The van der Waals surface area contributed by atoms with Gasteiger partial charge in [-0.3, -0.25) is 4.90 Å². The highest BCUT2D eigenvalue weighted by atomic mass is 19.4. The van der Waals surface area contributed by atoms with Crippen LogP contribution in [0.4, 0.5) is 13.2 Å². The minimum absolute atomic E-state index is 0.589. The molecule has 19 heavy (non-hydrogen) atoms. The Balaban J connectivity index is 2.64. The van der Waals surface area contributed by atoms with Crippen molar-refractivity contribution in [2.24, 2.45) is 0 Å². The van der Waals surface area contributed by atoms with Gasteiger partial charge in [0.15, 0.2) is 0 Å². The molecule has 1 N–H and O–H groups in total. The summed E-state index contributed by atoms with van der Waals surface area (Å²) in [5.74, 6) is 0. The number of likely N-dealkylation sites (N-methyl/N-ethyl adjacent to an activating group) is 1. The summed E-state index contributed by atoms with van der Waals surface area (Å²) in [5.41, 5.74) is 0.325. The Morgan fingerprint density at radius 3 is 2.21 bits per heavy atom. The van der Waals surface area contributed by atoms with Crippen molar-refractivity contribution in [3.05, 3.63) is 35.4 Å². The first-order valence-electron chi connectivity index (χ1n) is 6.50. The van der Waals surface area contributed by atoms with Crippen LogP contribution in [-0.2, 0) is 12.7 Å². The normalized spacial score (nSPS) is 12.1. The van der Waals surface area contributed by atoms with Crippen molar-refractivity contribution < 1.29 is 13.2 Å². The van der Waals surface area contributed by atoms with Gasteiger partial charge in [-0.25, -0.2) is 0 Å². The molecule has 0 fully saturated rings. The summed E-state index contributed by atoms with van der Waals surface area (Å²) in [6, 6.07) is 5.42. The second-order valence-corrected chi connectivity index (χ2v) is 4.57. The third kappa shape index (κ3) is 5.61. The molecule has 1 aromatic carbocycles. The fourth-order valence-electron chi connectivity index (χ4n) is 1.91. The van der Waals surface area contributed by atoms with E-state index in [0.717, 1.165) is 43.8 Å². The van der Waals surface area contributed by atoms with Gasteiger partial charge in [0, 0.05) is 19.6 Å². The van der Waals surface area contributed by atoms with Gasteiger partial charge in [0.05, 0.1) is 5.56 Å². The monoisotopic (exact) mass is 274 g/mol. The largest absolute Gasteiger partial charge is 0.416 e. The van der Waals surface area contributed by atoms with Crippen LogP contribution >= 0.6 is 0 Å². The average molecular weight is 274 g/mol. The Kier molecular flexibility index (Phi) is 6.31. The van der Waals surface area contributed by atoms with Gasteiger partial charge >= 0.3 is 6.18 Å². The first-order chi connectivity index (χ1) is 8.97. The summed E-state index contributed by atoms with van der Waals surface area (Å²) in [6.07, 6.45) is -3.22. The Morgan fingerprint density at radius 2 is 1.74 bits per heavy atom. The zero-order valence-corrected chi connectivity index (χ0v) is 11.4. The highest BCUT2D eigenvalue weighted by Gasteiger charge is 2.29. The van der Waals surface area contributed by atoms with Crippen LogP contribution in [0.5, 0.6) is 0 Å². The molecule has 5 heteroatoms. The molecule has 0 bridgehead atoms. The minimum Gasteiger partial charge on any atom is -0.318 e. The van der Waals surface area contributed by atoms with E-state index in [4.69, 9.17) is 0 Å². The van der Waals surface area contributed by atoms with Crippen molar-refractivity contribution in [3.8, 4) is 0 Å². The first kappa shape index (κ1) is 16.0. The lowest BCUT2D eigenvalue weighted by molar-refractivity contribution is -0.137. The SMILES string of the molecule is CCCN(CCNC)Cc1ccc(C(F)(F)F)cc1. The van der Waals surface area contributed by atoms with Crippen molar-refractivity contribution in [3.63, 3.8) is 0 Å². The smallest absolute Gasteiger partial charge is 0.318 e. The van der Waals surface area contributed by atoms with E-state index in [2.05, 4.69) is 17.1 Å². The number of rotatable bonds is 7. The summed E-state index contributed by atoms with van der Waals surface area (Å²) in [4.78, 5) is 2.24. The van der Waals surface area contributed by atoms with E-state index < -0.39 is 11.7 Å². The highest BCUT2D eigenvalue weighted by molar-refractivity contribution is 5.24. The van der Waals surface area contributed by atoms with Gasteiger partial charge in [-0.2, -0.15) is 13.2 Å². The quantitative estimate of drug-likeness (QED) is 0.821. The third-order valence-electron chi connectivity index (χ3n) is 2.91. The average Bonchev–Trinajstić information content (AvgIpc) is 2.36. The maximum absolute atomic E-state index is 12.5. The molecule has 0 aliphatic rings. The Morgan fingerprint density at radius 1 is 1.11 bits per heavy atom. The molecule has 1 rings (SSSR count). The number of hydrogen-bond acceptors (Lipinski definition) is 2. The highest BCUT2D eigenvalue weighted by Crippen LogP contribution is 2.29. The van der Waals surface area contributed by atoms with E-state index >= 15 is 0 Å². The second-order valence-electron chi connectivity index (χ2n) is 4.57. The fourth-order valence-corrected chi connectivity index (χ4v) is 1.91. The fraction of sp³-hybridized carbons (Fsp3) is 0.571. The van der Waals surface area contributed by atoms with Crippen molar-refractivity contribution in [1.82, 2.24) is 10.2 Å². The molecule has 0 unspecified atom stereocenters. The molecule has 1 aromatic rings. The number of hydrogen-bond donors (Lipinski definition) is 1. The molecule has 0 heterocycles. The van der Waals surface area contributed by atoms with Crippen LogP contribution < -0.4 is 5.32 Å². The lowest BCUT2D eigenvalue weighted by Crippen LogP contribution is -2.31.